The molecule has 0 radical (unpaired) electrons. The van der Waals surface area contributed by atoms with Crippen LogP contribution in [0.25, 0.3) is 0 Å². The van der Waals surface area contributed by atoms with Crippen LogP contribution in [-0.4, -0.2) is 19.6 Å². The SMILES string of the molecule is CN(c1cccc2c1CNCC2)C1CCCCC1. The molecular formula is C16H24N2. The van der Waals surface area contributed by atoms with Crippen LogP contribution in [0, 0.1) is 0 Å². The second-order valence-electron chi connectivity index (χ2n) is 5.74. The first-order valence-electron chi connectivity index (χ1n) is 7.40. The Balaban J connectivity index is 1.86. The van der Waals surface area contributed by atoms with Gasteiger partial charge in [-0.05, 0) is 43.0 Å². The zero-order valence-corrected chi connectivity index (χ0v) is 11.4. The van der Waals surface area contributed by atoms with E-state index in [1.165, 1.54) is 49.8 Å². The maximum absolute atomic E-state index is 3.51. The molecule has 2 nitrogen and oxygen atoms in total. The molecule has 1 aromatic carbocycles. The molecule has 1 fully saturated rings. The molecule has 0 amide bonds. The van der Waals surface area contributed by atoms with Gasteiger partial charge in [0.2, 0.25) is 0 Å². The number of nitrogens with zero attached hydrogens (tertiary/aromatic N) is 1. The molecule has 18 heavy (non-hydrogen) atoms. The van der Waals surface area contributed by atoms with E-state index in [4.69, 9.17) is 0 Å². The summed E-state index contributed by atoms with van der Waals surface area (Å²) >= 11 is 0. The van der Waals surface area contributed by atoms with Crippen LogP contribution >= 0.6 is 0 Å². The third kappa shape index (κ3) is 2.26. The van der Waals surface area contributed by atoms with Crippen molar-refractivity contribution in [3.63, 3.8) is 0 Å². The van der Waals surface area contributed by atoms with Crippen molar-refractivity contribution in [2.45, 2.75) is 51.1 Å². The molecule has 0 bridgehead atoms. The average Bonchev–Trinajstić information content (AvgIpc) is 2.47. The zero-order chi connectivity index (χ0) is 12.4. The Kier molecular flexibility index (Phi) is 3.55. The van der Waals surface area contributed by atoms with E-state index in [1.807, 2.05) is 0 Å². The molecular weight excluding hydrogens is 220 g/mol. The van der Waals surface area contributed by atoms with E-state index in [-0.39, 0.29) is 0 Å². The van der Waals surface area contributed by atoms with E-state index in [0.717, 1.165) is 19.1 Å². The quantitative estimate of drug-likeness (QED) is 0.860. The van der Waals surface area contributed by atoms with Crippen molar-refractivity contribution in [2.75, 3.05) is 18.5 Å². The lowest BCUT2D eigenvalue weighted by molar-refractivity contribution is 0.426. The molecule has 0 atom stereocenters. The maximum Gasteiger partial charge on any atom is 0.0414 e. The molecule has 2 aliphatic rings. The summed E-state index contributed by atoms with van der Waals surface area (Å²) in [5.74, 6) is 0. The number of anilines is 1. The fourth-order valence-corrected chi connectivity index (χ4v) is 3.49. The minimum absolute atomic E-state index is 0.757. The fraction of sp³-hybridized carbons (Fsp3) is 0.625. The van der Waals surface area contributed by atoms with Gasteiger partial charge >= 0.3 is 0 Å². The highest BCUT2D eigenvalue weighted by Gasteiger charge is 2.21. The molecule has 1 N–H and O–H groups in total. The summed E-state index contributed by atoms with van der Waals surface area (Å²) in [6.07, 6.45) is 8.16. The van der Waals surface area contributed by atoms with Crippen molar-refractivity contribution in [3.8, 4) is 0 Å². The van der Waals surface area contributed by atoms with Gasteiger partial charge in [-0.25, -0.2) is 0 Å². The second kappa shape index (κ2) is 5.31. The Morgan fingerprint density at radius 1 is 1.17 bits per heavy atom. The first kappa shape index (κ1) is 12.0. The summed E-state index contributed by atoms with van der Waals surface area (Å²) in [7, 11) is 2.29. The number of hydrogen-bond acceptors (Lipinski definition) is 2. The molecule has 1 aliphatic carbocycles. The average molecular weight is 244 g/mol. The van der Waals surface area contributed by atoms with Crippen molar-refractivity contribution in [1.82, 2.24) is 5.32 Å². The van der Waals surface area contributed by atoms with Crippen LogP contribution in [0.4, 0.5) is 5.69 Å². The Labute approximate surface area is 110 Å². The van der Waals surface area contributed by atoms with Crippen LogP contribution in [0.2, 0.25) is 0 Å². The fourth-order valence-electron chi connectivity index (χ4n) is 3.49. The lowest BCUT2D eigenvalue weighted by Crippen LogP contribution is -2.35. The number of hydrogen-bond donors (Lipinski definition) is 1. The highest BCUT2D eigenvalue weighted by molar-refractivity contribution is 5.57. The largest absolute Gasteiger partial charge is 0.371 e. The first-order chi connectivity index (χ1) is 8.86. The molecule has 0 spiro atoms. The molecule has 0 aromatic heterocycles. The minimum atomic E-state index is 0.757. The van der Waals surface area contributed by atoms with Crippen LogP contribution in [0.1, 0.15) is 43.2 Å². The highest BCUT2D eigenvalue weighted by atomic mass is 15.1. The monoisotopic (exact) mass is 244 g/mol. The van der Waals surface area contributed by atoms with Crippen molar-refractivity contribution in [2.24, 2.45) is 0 Å². The number of nitrogens with one attached hydrogen (secondary N) is 1. The molecule has 98 valence electrons. The molecule has 1 heterocycles. The normalized spacial score (nSPS) is 20.5. The summed E-state index contributed by atoms with van der Waals surface area (Å²) in [5.41, 5.74) is 4.55. The molecule has 3 rings (SSSR count). The molecule has 0 saturated heterocycles. The van der Waals surface area contributed by atoms with E-state index < -0.39 is 0 Å². The summed E-state index contributed by atoms with van der Waals surface area (Å²) in [5, 5.41) is 3.51. The zero-order valence-electron chi connectivity index (χ0n) is 11.4. The summed E-state index contributed by atoms with van der Waals surface area (Å²) in [4.78, 5) is 2.55. The molecule has 0 unspecified atom stereocenters. The maximum atomic E-state index is 3.51. The van der Waals surface area contributed by atoms with Crippen LogP contribution in [0.3, 0.4) is 0 Å². The Hall–Kier alpha value is -1.02. The summed E-state index contributed by atoms with van der Waals surface area (Å²) in [6.45, 7) is 2.17. The van der Waals surface area contributed by atoms with Crippen molar-refractivity contribution >= 4 is 5.69 Å². The van der Waals surface area contributed by atoms with Crippen LogP contribution in [0.5, 0.6) is 0 Å². The van der Waals surface area contributed by atoms with Gasteiger partial charge in [0.1, 0.15) is 0 Å². The Morgan fingerprint density at radius 2 is 2.00 bits per heavy atom. The summed E-state index contributed by atoms with van der Waals surface area (Å²) < 4.78 is 0. The van der Waals surface area contributed by atoms with Gasteiger partial charge in [0.25, 0.3) is 0 Å². The predicted octanol–water partition coefficient (Wildman–Crippen LogP) is 3.10. The van der Waals surface area contributed by atoms with E-state index in [0.29, 0.717) is 0 Å². The number of fused-ring (bicyclic) bond motifs is 1. The van der Waals surface area contributed by atoms with E-state index in [1.54, 1.807) is 5.56 Å². The lowest BCUT2D eigenvalue weighted by Gasteiger charge is -2.35. The molecule has 1 aromatic rings. The Morgan fingerprint density at radius 3 is 2.83 bits per heavy atom. The molecule has 1 saturated carbocycles. The van der Waals surface area contributed by atoms with E-state index in [2.05, 4.69) is 35.5 Å². The van der Waals surface area contributed by atoms with Crippen molar-refractivity contribution in [1.29, 1.82) is 0 Å². The summed E-state index contributed by atoms with van der Waals surface area (Å²) in [6, 6.07) is 7.60. The highest BCUT2D eigenvalue weighted by Crippen LogP contribution is 2.31. The third-order valence-corrected chi connectivity index (χ3v) is 4.62. The van der Waals surface area contributed by atoms with E-state index >= 15 is 0 Å². The van der Waals surface area contributed by atoms with Gasteiger partial charge in [0.05, 0.1) is 0 Å². The number of benzene rings is 1. The van der Waals surface area contributed by atoms with Gasteiger partial charge in [-0.3, -0.25) is 0 Å². The molecule has 1 aliphatic heterocycles. The predicted molar refractivity (Wildman–Crippen MR) is 77.1 cm³/mol. The van der Waals surface area contributed by atoms with Gasteiger partial charge in [-0.15, -0.1) is 0 Å². The minimum Gasteiger partial charge on any atom is -0.371 e. The van der Waals surface area contributed by atoms with Gasteiger partial charge in [-0.2, -0.15) is 0 Å². The van der Waals surface area contributed by atoms with Crippen LogP contribution in [0.15, 0.2) is 18.2 Å². The smallest absolute Gasteiger partial charge is 0.0414 e. The van der Waals surface area contributed by atoms with E-state index in [9.17, 15) is 0 Å². The standard InChI is InChI=1S/C16H24N2/c1-18(14-7-3-2-4-8-14)16-9-5-6-13-10-11-17-12-15(13)16/h5-6,9,14,17H,2-4,7-8,10-12H2,1H3. The second-order valence-corrected chi connectivity index (χ2v) is 5.74. The lowest BCUT2D eigenvalue weighted by atomic mass is 9.92. The van der Waals surface area contributed by atoms with Crippen molar-refractivity contribution < 1.29 is 0 Å². The third-order valence-electron chi connectivity index (χ3n) is 4.62. The van der Waals surface area contributed by atoms with Gasteiger partial charge in [0, 0.05) is 25.3 Å². The van der Waals surface area contributed by atoms with Gasteiger partial charge in [0.15, 0.2) is 0 Å². The molecule has 2 heteroatoms. The van der Waals surface area contributed by atoms with Crippen LogP contribution < -0.4 is 10.2 Å². The van der Waals surface area contributed by atoms with Gasteiger partial charge < -0.3 is 10.2 Å². The van der Waals surface area contributed by atoms with Crippen molar-refractivity contribution in [3.05, 3.63) is 29.3 Å². The van der Waals surface area contributed by atoms with Gasteiger partial charge in [-0.1, -0.05) is 31.4 Å². The van der Waals surface area contributed by atoms with Crippen LogP contribution in [-0.2, 0) is 13.0 Å². The Bertz CT molecular complexity index is 408. The number of rotatable bonds is 2. The first-order valence-corrected chi connectivity index (χ1v) is 7.40. The topological polar surface area (TPSA) is 15.3 Å².